The lowest BCUT2D eigenvalue weighted by Gasteiger charge is -2.18. The van der Waals surface area contributed by atoms with Gasteiger partial charge in [0.15, 0.2) is 6.10 Å². The summed E-state index contributed by atoms with van der Waals surface area (Å²) in [6, 6.07) is 5.53. The molecule has 0 saturated carbocycles. The highest BCUT2D eigenvalue weighted by atomic mass is 35.5. The first-order valence-electron chi connectivity index (χ1n) is 6.38. The predicted octanol–water partition coefficient (Wildman–Crippen LogP) is 1.71. The topological polar surface area (TPSA) is 84.9 Å². The minimum atomic E-state index is -1.11. The zero-order chi connectivity index (χ0) is 15.8. The highest BCUT2D eigenvalue weighted by Crippen LogP contribution is 2.16. The zero-order valence-electron chi connectivity index (χ0n) is 11.8. The van der Waals surface area contributed by atoms with Crippen molar-refractivity contribution in [3.05, 3.63) is 29.3 Å². The fourth-order valence-corrected chi connectivity index (χ4v) is 1.68. The summed E-state index contributed by atoms with van der Waals surface area (Å²) in [6.07, 6.45) is -0.638. The van der Waals surface area contributed by atoms with E-state index in [1.54, 1.807) is 31.2 Å². The number of nitrogens with one attached hydrogen (secondary N) is 1. The van der Waals surface area contributed by atoms with E-state index in [1.165, 1.54) is 7.11 Å². The molecule has 0 fully saturated rings. The van der Waals surface area contributed by atoms with Gasteiger partial charge in [-0.2, -0.15) is 0 Å². The van der Waals surface area contributed by atoms with Crippen LogP contribution in [-0.2, 0) is 14.3 Å². The number of hydrogen-bond acceptors (Lipinski definition) is 4. The quantitative estimate of drug-likeness (QED) is 0.763. The highest BCUT2D eigenvalue weighted by Gasteiger charge is 2.23. The number of aliphatic carboxylic acids is 1. The Bertz CT molecular complexity index is 477. The van der Waals surface area contributed by atoms with Gasteiger partial charge in [0.05, 0.1) is 0 Å². The van der Waals surface area contributed by atoms with Crippen molar-refractivity contribution < 1.29 is 24.2 Å². The lowest BCUT2D eigenvalue weighted by Crippen LogP contribution is -2.46. The van der Waals surface area contributed by atoms with Crippen LogP contribution in [0, 0.1) is 0 Å². The summed E-state index contributed by atoms with van der Waals surface area (Å²) in [6.45, 7) is 1.78. The van der Waals surface area contributed by atoms with Gasteiger partial charge in [-0.1, -0.05) is 11.6 Å². The summed E-state index contributed by atoms with van der Waals surface area (Å²) in [5, 5.41) is 12.0. The van der Waals surface area contributed by atoms with E-state index in [9.17, 15) is 9.59 Å². The first-order chi connectivity index (χ1) is 9.93. The highest BCUT2D eigenvalue weighted by molar-refractivity contribution is 6.30. The summed E-state index contributed by atoms with van der Waals surface area (Å²) in [4.78, 5) is 23.0. The molecule has 0 heterocycles. The molecule has 0 aromatic heterocycles. The molecule has 2 atom stereocenters. The van der Waals surface area contributed by atoms with Crippen molar-refractivity contribution in [3.63, 3.8) is 0 Å². The maximum atomic E-state index is 11.9. The summed E-state index contributed by atoms with van der Waals surface area (Å²) >= 11 is 5.75. The van der Waals surface area contributed by atoms with E-state index in [-0.39, 0.29) is 13.0 Å². The Morgan fingerprint density at radius 1 is 1.33 bits per heavy atom. The van der Waals surface area contributed by atoms with E-state index in [0.717, 1.165) is 0 Å². The third kappa shape index (κ3) is 6.01. The second-order valence-corrected chi connectivity index (χ2v) is 4.83. The van der Waals surface area contributed by atoms with Crippen LogP contribution in [0.2, 0.25) is 5.02 Å². The van der Waals surface area contributed by atoms with E-state index in [0.29, 0.717) is 10.8 Å². The third-order valence-electron chi connectivity index (χ3n) is 2.72. The number of carboxylic acid groups (broad SMARTS) is 1. The monoisotopic (exact) mass is 315 g/mol. The largest absolute Gasteiger partial charge is 0.481 e. The molecule has 2 N–H and O–H groups in total. The lowest BCUT2D eigenvalue weighted by molar-refractivity contribution is -0.143. The zero-order valence-corrected chi connectivity index (χ0v) is 12.6. The van der Waals surface area contributed by atoms with Crippen molar-refractivity contribution >= 4 is 23.5 Å². The Morgan fingerprint density at radius 3 is 2.48 bits per heavy atom. The van der Waals surface area contributed by atoms with Crippen LogP contribution in [0.4, 0.5) is 0 Å². The van der Waals surface area contributed by atoms with Crippen molar-refractivity contribution in [2.75, 3.05) is 13.7 Å². The number of carboxylic acids is 1. The molecule has 2 unspecified atom stereocenters. The van der Waals surface area contributed by atoms with Crippen LogP contribution in [0.1, 0.15) is 13.3 Å². The summed E-state index contributed by atoms with van der Waals surface area (Å²) in [7, 11) is 1.47. The molecule has 1 aromatic rings. The Kier molecular flexibility index (Phi) is 6.98. The van der Waals surface area contributed by atoms with Crippen molar-refractivity contribution in [3.8, 4) is 5.75 Å². The Labute approximate surface area is 128 Å². The van der Waals surface area contributed by atoms with Gasteiger partial charge >= 0.3 is 5.97 Å². The second kappa shape index (κ2) is 8.49. The van der Waals surface area contributed by atoms with E-state index in [2.05, 4.69) is 5.32 Å². The number of methoxy groups -OCH3 is 1. The normalized spacial score (nSPS) is 13.3. The van der Waals surface area contributed by atoms with E-state index < -0.39 is 24.0 Å². The fourth-order valence-electron chi connectivity index (χ4n) is 1.55. The summed E-state index contributed by atoms with van der Waals surface area (Å²) in [5.41, 5.74) is 0. The van der Waals surface area contributed by atoms with E-state index in [4.69, 9.17) is 26.2 Å². The fraction of sp³-hybridized carbons (Fsp3) is 0.429. The van der Waals surface area contributed by atoms with E-state index in [1.807, 2.05) is 0 Å². The van der Waals surface area contributed by atoms with Gasteiger partial charge < -0.3 is 19.9 Å². The first-order valence-corrected chi connectivity index (χ1v) is 6.76. The minimum Gasteiger partial charge on any atom is -0.481 e. The van der Waals surface area contributed by atoms with E-state index >= 15 is 0 Å². The van der Waals surface area contributed by atoms with Crippen LogP contribution in [0.5, 0.6) is 5.75 Å². The molecule has 0 spiro atoms. The summed E-state index contributed by atoms with van der Waals surface area (Å²) < 4.78 is 10.2. The van der Waals surface area contributed by atoms with Crippen LogP contribution in [0.3, 0.4) is 0 Å². The smallest absolute Gasteiger partial charge is 0.326 e. The Morgan fingerprint density at radius 2 is 1.95 bits per heavy atom. The molecular weight excluding hydrogens is 298 g/mol. The molecule has 7 heteroatoms. The molecule has 1 aromatic carbocycles. The van der Waals surface area contributed by atoms with Crippen molar-refractivity contribution in [1.29, 1.82) is 0 Å². The molecule has 116 valence electrons. The second-order valence-electron chi connectivity index (χ2n) is 4.39. The molecule has 6 nitrogen and oxygen atoms in total. The number of halogens is 1. The number of carbonyl (C=O) groups is 2. The first kappa shape index (κ1) is 17.3. The van der Waals surface area contributed by atoms with Gasteiger partial charge in [0.25, 0.3) is 5.91 Å². The lowest BCUT2D eigenvalue weighted by atomic mass is 10.2. The molecule has 1 amide bonds. The molecule has 0 aliphatic heterocycles. The van der Waals surface area contributed by atoms with Gasteiger partial charge in [0.2, 0.25) is 0 Å². The summed E-state index contributed by atoms with van der Waals surface area (Å²) in [5.74, 6) is -1.14. The molecule has 1 rings (SSSR count). The molecule has 21 heavy (non-hydrogen) atoms. The number of carbonyl (C=O) groups excluding carboxylic acids is 1. The average Bonchev–Trinajstić information content (AvgIpc) is 2.45. The molecule has 0 bridgehead atoms. The number of ether oxygens (including phenoxy) is 2. The molecule has 0 aliphatic rings. The number of amides is 1. The SMILES string of the molecule is COCCC(NC(=O)C(C)Oc1ccc(Cl)cc1)C(=O)O. The van der Waals surface area contributed by atoms with Crippen LogP contribution < -0.4 is 10.1 Å². The molecule has 0 saturated heterocycles. The third-order valence-corrected chi connectivity index (χ3v) is 2.97. The predicted molar refractivity (Wildman–Crippen MR) is 77.6 cm³/mol. The number of hydrogen-bond donors (Lipinski definition) is 2. The maximum absolute atomic E-state index is 11.9. The molecule has 0 radical (unpaired) electrons. The van der Waals surface area contributed by atoms with Crippen LogP contribution >= 0.6 is 11.6 Å². The van der Waals surface area contributed by atoms with Crippen molar-refractivity contribution in [2.45, 2.75) is 25.5 Å². The molecular formula is C14H18ClNO5. The van der Waals surface area contributed by atoms with Crippen LogP contribution in [0.15, 0.2) is 24.3 Å². The maximum Gasteiger partial charge on any atom is 0.326 e. The average molecular weight is 316 g/mol. The molecule has 0 aliphatic carbocycles. The number of benzene rings is 1. The Hall–Kier alpha value is -1.79. The van der Waals surface area contributed by atoms with Gasteiger partial charge in [-0.3, -0.25) is 4.79 Å². The van der Waals surface area contributed by atoms with Gasteiger partial charge in [-0.15, -0.1) is 0 Å². The van der Waals surface area contributed by atoms with Gasteiger partial charge in [0, 0.05) is 25.2 Å². The van der Waals surface area contributed by atoms with Crippen LogP contribution in [-0.4, -0.2) is 42.8 Å². The van der Waals surface area contributed by atoms with Gasteiger partial charge in [-0.25, -0.2) is 4.79 Å². The van der Waals surface area contributed by atoms with Crippen molar-refractivity contribution in [2.24, 2.45) is 0 Å². The standard InChI is InChI=1S/C14H18ClNO5/c1-9(21-11-5-3-10(15)4-6-11)13(17)16-12(14(18)19)7-8-20-2/h3-6,9,12H,7-8H2,1-2H3,(H,16,17)(H,18,19). The Balaban J connectivity index is 2.56. The number of rotatable bonds is 8. The van der Waals surface area contributed by atoms with Crippen LogP contribution in [0.25, 0.3) is 0 Å². The van der Waals surface area contributed by atoms with Gasteiger partial charge in [0.1, 0.15) is 11.8 Å². The minimum absolute atomic E-state index is 0.186. The van der Waals surface area contributed by atoms with Crippen molar-refractivity contribution in [1.82, 2.24) is 5.32 Å². The van der Waals surface area contributed by atoms with Gasteiger partial charge in [-0.05, 0) is 31.2 Å².